The summed E-state index contributed by atoms with van der Waals surface area (Å²) in [5, 5.41) is 2.88. The fourth-order valence-corrected chi connectivity index (χ4v) is 0.901. The van der Waals surface area contributed by atoms with Gasteiger partial charge in [0.15, 0.2) is 0 Å². The minimum atomic E-state index is -0.541. The van der Waals surface area contributed by atoms with Gasteiger partial charge in [0.2, 0.25) is 11.8 Å². The Kier molecular flexibility index (Phi) is 3.62. The van der Waals surface area contributed by atoms with Crippen LogP contribution in [-0.2, 0) is 0 Å². The molecule has 1 rings (SSSR count). The first-order valence-electron chi connectivity index (χ1n) is 4.56. The number of rotatable bonds is 4. The molecular weight excluding hydrogens is 185 g/mol. The van der Waals surface area contributed by atoms with Crippen LogP contribution in [0.1, 0.15) is 20.8 Å². The monoisotopic (exact) mass is 199 g/mol. The normalized spacial score (nSPS) is 10.4. The van der Waals surface area contributed by atoms with E-state index in [0.29, 0.717) is 12.5 Å². The van der Waals surface area contributed by atoms with Crippen LogP contribution < -0.4 is 10.1 Å². The summed E-state index contributed by atoms with van der Waals surface area (Å²) in [4.78, 5) is 7.64. The summed E-state index contributed by atoms with van der Waals surface area (Å²) in [5.41, 5.74) is 0. The second-order valence-corrected chi connectivity index (χ2v) is 3.04. The molecule has 0 aliphatic rings. The van der Waals surface area contributed by atoms with Crippen molar-refractivity contribution < 1.29 is 9.13 Å². The van der Waals surface area contributed by atoms with Crippen molar-refractivity contribution in [3.63, 3.8) is 0 Å². The van der Waals surface area contributed by atoms with E-state index in [2.05, 4.69) is 15.3 Å². The second-order valence-electron chi connectivity index (χ2n) is 3.04. The second kappa shape index (κ2) is 4.74. The molecule has 0 radical (unpaired) electrons. The molecule has 0 fully saturated rings. The first-order chi connectivity index (χ1) is 6.63. The molecule has 0 aliphatic heterocycles. The highest BCUT2D eigenvalue weighted by Gasteiger charge is 2.08. The Bertz CT molecular complexity index is 304. The highest BCUT2D eigenvalue weighted by atomic mass is 19.1. The van der Waals surface area contributed by atoms with E-state index in [1.165, 1.54) is 0 Å². The van der Waals surface area contributed by atoms with Crippen molar-refractivity contribution in [3.8, 4) is 5.88 Å². The molecule has 78 valence electrons. The Morgan fingerprint density at radius 2 is 2.29 bits per heavy atom. The van der Waals surface area contributed by atoms with Gasteiger partial charge in [-0.25, -0.2) is 4.98 Å². The Morgan fingerprint density at radius 1 is 1.57 bits per heavy atom. The minimum Gasteiger partial charge on any atom is -0.473 e. The lowest BCUT2D eigenvalue weighted by Crippen LogP contribution is -2.11. The molecule has 0 saturated carbocycles. The number of hydrogen-bond acceptors (Lipinski definition) is 4. The Morgan fingerprint density at radius 3 is 2.86 bits per heavy atom. The average Bonchev–Trinajstić information content (AvgIpc) is 2.10. The quantitative estimate of drug-likeness (QED) is 0.803. The van der Waals surface area contributed by atoms with Gasteiger partial charge in [-0.1, -0.05) is 0 Å². The first-order valence-corrected chi connectivity index (χ1v) is 4.56. The maximum atomic E-state index is 13.1. The van der Waals surface area contributed by atoms with Crippen molar-refractivity contribution in [1.29, 1.82) is 0 Å². The molecule has 5 heteroatoms. The number of aromatic nitrogens is 2. The standard InChI is InChI=1S/C9H14FN3O/c1-4-11-9-12-5-7(10)8(13-9)14-6(2)3/h5-6H,4H2,1-3H3,(H,11,12,13). The molecule has 1 heterocycles. The van der Waals surface area contributed by atoms with Gasteiger partial charge in [0.05, 0.1) is 12.3 Å². The maximum absolute atomic E-state index is 13.1. The predicted molar refractivity (Wildman–Crippen MR) is 51.9 cm³/mol. The Hall–Kier alpha value is -1.39. The molecule has 4 nitrogen and oxygen atoms in total. The van der Waals surface area contributed by atoms with E-state index in [4.69, 9.17) is 4.74 Å². The van der Waals surface area contributed by atoms with E-state index in [1.807, 2.05) is 20.8 Å². The Balaban J connectivity index is 2.84. The van der Waals surface area contributed by atoms with Crippen LogP contribution in [-0.4, -0.2) is 22.6 Å². The number of hydrogen-bond donors (Lipinski definition) is 1. The van der Waals surface area contributed by atoms with Crippen LogP contribution in [0, 0.1) is 5.82 Å². The summed E-state index contributed by atoms with van der Waals surface area (Å²) in [5.74, 6) is -0.171. The zero-order valence-electron chi connectivity index (χ0n) is 8.54. The smallest absolute Gasteiger partial charge is 0.255 e. The molecule has 0 spiro atoms. The number of nitrogens with zero attached hydrogens (tertiary/aromatic N) is 2. The fourth-order valence-electron chi connectivity index (χ4n) is 0.901. The number of ether oxygens (including phenoxy) is 1. The third-order valence-corrected chi connectivity index (χ3v) is 1.39. The predicted octanol–water partition coefficient (Wildman–Crippen LogP) is 1.83. The van der Waals surface area contributed by atoms with Gasteiger partial charge in [-0.05, 0) is 20.8 Å². The third-order valence-electron chi connectivity index (χ3n) is 1.39. The average molecular weight is 199 g/mol. The van der Waals surface area contributed by atoms with Crippen LogP contribution in [0.4, 0.5) is 10.3 Å². The van der Waals surface area contributed by atoms with Crippen molar-refractivity contribution in [2.24, 2.45) is 0 Å². The Labute approximate surface area is 82.5 Å². The number of nitrogens with one attached hydrogen (secondary N) is 1. The lowest BCUT2D eigenvalue weighted by Gasteiger charge is -2.10. The molecule has 1 aromatic heterocycles. The van der Waals surface area contributed by atoms with Crippen LogP contribution in [0.5, 0.6) is 5.88 Å². The van der Waals surface area contributed by atoms with Crippen molar-refractivity contribution in [2.75, 3.05) is 11.9 Å². The highest BCUT2D eigenvalue weighted by Crippen LogP contribution is 2.15. The van der Waals surface area contributed by atoms with Crippen LogP contribution in [0.3, 0.4) is 0 Å². The van der Waals surface area contributed by atoms with E-state index < -0.39 is 5.82 Å². The molecule has 0 amide bonds. The lowest BCUT2D eigenvalue weighted by molar-refractivity contribution is 0.220. The van der Waals surface area contributed by atoms with E-state index in [1.54, 1.807) is 0 Å². The van der Waals surface area contributed by atoms with Crippen LogP contribution in [0.2, 0.25) is 0 Å². The molecule has 1 aromatic rings. The maximum Gasteiger partial charge on any atom is 0.255 e. The van der Waals surface area contributed by atoms with Crippen LogP contribution in [0.15, 0.2) is 6.20 Å². The number of anilines is 1. The van der Waals surface area contributed by atoms with Crippen LogP contribution >= 0.6 is 0 Å². The topological polar surface area (TPSA) is 47.0 Å². The minimum absolute atomic E-state index is 0.00838. The van der Waals surface area contributed by atoms with E-state index in [0.717, 1.165) is 6.20 Å². The van der Waals surface area contributed by atoms with Gasteiger partial charge in [-0.3, -0.25) is 0 Å². The molecule has 0 aliphatic carbocycles. The summed E-state index contributed by atoms with van der Waals surface area (Å²) >= 11 is 0. The fraction of sp³-hybridized carbons (Fsp3) is 0.556. The van der Waals surface area contributed by atoms with Gasteiger partial charge in [-0.2, -0.15) is 9.37 Å². The summed E-state index contributed by atoms with van der Waals surface area (Å²) in [6.45, 7) is 6.23. The van der Waals surface area contributed by atoms with E-state index in [-0.39, 0.29) is 12.0 Å². The SMILES string of the molecule is CCNc1ncc(F)c(OC(C)C)n1. The van der Waals surface area contributed by atoms with Gasteiger partial charge in [-0.15, -0.1) is 0 Å². The molecule has 0 unspecified atom stereocenters. The summed E-state index contributed by atoms with van der Waals surface area (Å²) < 4.78 is 18.3. The zero-order chi connectivity index (χ0) is 10.6. The van der Waals surface area contributed by atoms with Gasteiger partial charge >= 0.3 is 0 Å². The van der Waals surface area contributed by atoms with Crippen molar-refractivity contribution in [1.82, 2.24) is 9.97 Å². The van der Waals surface area contributed by atoms with Gasteiger partial charge in [0.1, 0.15) is 0 Å². The van der Waals surface area contributed by atoms with Crippen LogP contribution in [0.25, 0.3) is 0 Å². The van der Waals surface area contributed by atoms with Gasteiger partial charge in [0, 0.05) is 6.54 Å². The van der Waals surface area contributed by atoms with Gasteiger partial charge < -0.3 is 10.1 Å². The van der Waals surface area contributed by atoms with Crippen molar-refractivity contribution in [2.45, 2.75) is 26.9 Å². The molecule has 0 atom stereocenters. The largest absolute Gasteiger partial charge is 0.473 e. The molecule has 14 heavy (non-hydrogen) atoms. The lowest BCUT2D eigenvalue weighted by atomic mass is 10.5. The molecule has 0 aromatic carbocycles. The summed E-state index contributed by atoms with van der Waals surface area (Å²) in [6.07, 6.45) is 0.997. The molecule has 0 bridgehead atoms. The highest BCUT2D eigenvalue weighted by molar-refractivity contribution is 5.28. The zero-order valence-corrected chi connectivity index (χ0v) is 8.54. The first kappa shape index (κ1) is 10.7. The molecular formula is C9H14FN3O. The van der Waals surface area contributed by atoms with E-state index in [9.17, 15) is 4.39 Å². The van der Waals surface area contributed by atoms with Crippen molar-refractivity contribution in [3.05, 3.63) is 12.0 Å². The number of halogens is 1. The van der Waals surface area contributed by atoms with Gasteiger partial charge in [0.25, 0.3) is 5.88 Å². The van der Waals surface area contributed by atoms with E-state index >= 15 is 0 Å². The molecule has 1 N–H and O–H groups in total. The third kappa shape index (κ3) is 2.83. The molecule has 0 saturated heterocycles. The summed E-state index contributed by atoms with van der Waals surface area (Å²) in [7, 11) is 0. The van der Waals surface area contributed by atoms with Crippen molar-refractivity contribution >= 4 is 5.95 Å². The summed E-state index contributed by atoms with van der Waals surface area (Å²) in [6, 6.07) is 0.